The second-order valence-corrected chi connectivity index (χ2v) is 7.24. The predicted octanol–water partition coefficient (Wildman–Crippen LogP) is 3.49. The smallest absolute Gasteiger partial charge is 0.294 e. The largest absolute Gasteiger partial charge is 0.347 e. The molecular formula is C17H20N4O3S. The lowest BCUT2D eigenvalue weighted by molar-refractivity contribution is -0.387. The maximum Gasteiger partial charge on any atom is 0.294 e. The fourth-order valence-corrected chi connectivity index (χ4v) is 2.76. The van der Waals surface area contributed by atoms with Crippen LogP contribution in [0.2, 0.25) is 0 Å². The zero-order valence-electron chi connectivity index (χ0n) is 14.7. The Hall–Kier alpha value is -2.48. The van der Waals surface area contributed by atoms with Gasteiger partial charge in [-0.25, -0.2) is 9.97 Å². The van der Waals surface area contributed by atoms with Crippen LogP contribution in [-0.4, -0.2) is 26.3 Å². The summed E-state index contributed by atoms with van der Waals surface area (Å²) in [4.78, 5) is 32.0. The lowest BCUT2D eigenvalue weighted by Gasteiger charge is -2.21. The first kappa shape index (κ1) is 18.9. The molecule has 1 N–H and O–H groups in total. The molecule has 0 spiro atoms. The van der Waals surface area contributed by atoms with Gasteiger partial charge in [0, 0.05) is 16.9 Å². The van der Waals surface area contributed by atoms with Gasteiger partial charge in [0.05, 0.1) is 20.9 Å². The van der Waals surface area contributed by atoms with Crippen molar-refractivity contribution < 1.29 is 9.72 Å². The molecule has 0 radical (unpaired) electrons. The number of hydrogen-bond acceptors (Lipinski definition) is 6. The van der Waals surface area contributed by atoms with Crippen LogP contribution < -0.4 is 5.32 Å². The number of carbonyl (C=O) groups excluding carboxylic acids is 1. The molecule has 2 rings (SSSR count). The van der Waals surface area contributed by atoms with Crippen LogP contribution in [0, 0.1) is 24.0 Å². The maximum atomic E-state index is 12.4. The number of hydrogen-bond donors (Lipinski definition) is 2. The Morgan fingerprint density at radius 1 is 1.20 bits per heavy atom. The van der Waals surface area contributed by atoms with Gasteiger partial charge < -0.3 is 5.32 Å². The molecule has 1 amide bonds. The third-order valence-electron chi connectivity index (χ3n) is 3.29. The first-order chi connectivity index (χ1) is 11.5. The third kappa shape index (κ3) is 4.33. The minimum Gasteiger partial charge on any atom is -0.347 e. The van der Waals surface area contributed by atoms with E-state index >= 15 is 0 Å². The normalized spacial score (nSPS) is 11.3. The first-order valence-corrected chi connectivity index (χ1v) is 8.10. The summed E-state index contributed by atoms with van der Waals surface area (Å²) >= 11 is 4.25. The van der Waals surface area contributed by atoms with Gasteiger partial charge in [-0.05, 0) is 52.8 Å². The van der Waals surface area contributed by atoms with Gasteiger partial charge in [-0.1, -0.05) is 0 Å². The average molecular weight is 360 g/mol. The number of carbonyl (C=O) groups is 1. The molecule has 1 aromatic carbocycles. The van der Waals surface area contributed by atoms with E-state index in [1.54, 1.807) is 19.9 Å². The lowest BCUT2D eigenvalue weighted by Crippen LogP contribution is -2.40. The fourth-order valence-electron chi connectivity index (χ4n) is 2.38. The van der Waals surface area contributed by atoms with Crippen molar-refractivity contribution >= 4 is 24.2 Å². The van der Waals surface area contributed by atoms with Gasteiger partial charge in [-0.2, -0.15) is 0 Å². The van der Waals surface area contributed by atoms with Crippen molar-refractivity contribution in [3.8, 4) is 11.4 Å². The molecular weight excluding hydrogens is 340 g/mol. The molecule has 2 aromatic rings. The van der Waals surface area contributed by atoms with Gasteiger partial charge in [0.2, 0.25) is 0 Å². The number of nitrogens with one attached hydrogen (secondary N) is 1. The summed E-state index contributed by atoms with van der Waals surface area (Å²) in [5.74, 6) is -0.184. The summed E-state index contributed by atoms with van der Waals surface area (Å²) in [7, 11) is 0. The molecule has 0 atom stereocenters. The molecule has 0 aliphatic carbocycles. The van der Waals surface area contributed by atoms with E-state index in [1.165, 1.54) is 12.1 Å². The van der Waals surface area contributed by atoms with Gasteiger partial charge in [0.1, 0.15) is 0 Å². The molecule has 0 bridgehead atoms. The Kier molecular flexibility index (Phi) is 5.12. The number of nitro benzene ring substituents is 1. The SMILES string of the molecule is Cc1cc(C)nc(-c2ccc(C(=O)NC(C)(C)C)c(S)c2[N+](=O)[O-])n1. The minimum absolute atomic E-state index is 0.00740. The molecule has 0 fully saturated rings. The molecule has 8 heteroatoms. The van der Waals surface area contributed by atoms with E-state index in [0.717, 1.165) is 0 Å². The Bertz CT molecular complexity index is 839. The van der Waals surface area contributed by atoms with Crippen molar-refractivity contribution in [1.82, 2.24) is 15.3 Å². The first-order valence-electron chi connectivity index (χ1n) is 7.65. The second-order valence-electron chi connectivity index (χ2n) is 6.79. The standard InChI is InChI=1S/C17H20N4O3S/c1-9-8-10(2)19-15(18-9)11-6-7-12(14(25)13(11)21(23)24)16(22)20-17(3,4)5/h6-8,25H,1-5H3,(H,20,22). The van der Waals surface area contributed by atoms with Crippen molar-refractivity contribution in [3.05, 3.63) is 45.3 Å². The molecule has 0 aliphatic heterocycles. The second kappa shape index (κ2) is 6.79. The fraction of sp³-hybridized carbons (Fsp3) is 0.353. The average Bonchev–Trinajstić information content (AvgIpc) is 2.43. The van der Waals surface area contributed by atoms with Crippen LogP contribution in [0.4, 0.5) is 5.69 Å². The zero-order chi connectivity index (χ0) is 18.9. The third-order valence-corrected chi connectivity index (χ3v) is 3.74. The number of benzene rings is 1. The quantitative estimate of drug-likeness (QED) is 0.496. The Morgan fingerprint density at radius 2 is 1.76 bits per heavy atom. The Labute approximate surface area is 151 Å². The minimum atomic E-state index is -0.563. The van der Waals surface area contributed by atoms with Crippen molar-refractivity contribution in [1.29, 1.82) is 0 Å². The molecule has 7 nitrogen and oxygen atoms in total. The summed E-state index contributed by atoms with van der Waals surface area (Å²) in [6.45, 7) is 9.06. The number of nitro groups is 1. The van der Waals surface area contributed by atoms with E-state index in [9.17, 15) is 14.9 Å². The summed E-state index contributed by atoms with van der Waals surface area (Å²) in [6.07, 6.45) is 0. The van der Waals surface area contributed by atoms with Crippen LogP contribution in [0.25, 0.3) is 11.4 Å². The summed E-state index contributed by atoms with van der Waals surface area (Å²) in [5.41, 5.74) is 1.02. The van der Waals surface area contributed by atoms with Gasteiger partial charge >= 0.3 is 0 Å². The summed E-state index contributed by atoms with van der Waals surface area (Å²) in [6, 6.07) is 4.78. The number of rotatable bonds is 3. The van der Waals surface area contributed by atoms with E-state index < -0.39 is 16.4 Å². The summed E-state index contributed by atoms with van der Waals surface area (Å²) in [5, 5.41) is 14.4. The Balaban J connectivity index is 2.63. The highest BCUT2D eigenvalue weighted by Gasteiger charge is 2.27. The predicted molar refractivity (Wildman–Crippen MR) is 98.1 cm³/mol. The number of aryl methyl sites for hydroxylation is 2. The van der Waals surface area contributed by atoms with Crippen LogP contribution in [-0.2, 0) is 0 Å². The number of thiol groups is 1. The Morgan fingerprint density at radius 3 is 2.24 bits per heavy atom. The number of aromatic nitrogens is 2. The maximum absolute atomic E-state index is 12.4. The number of nitrogens with zero attached hydrogens (tertiary/aromatic N) is 3. The highest BCUT2D eigenvalue weighted by molar-refractivity contribution is 7.80. The van der Waals surface area contributed by atoms with E-state index in [2.05, 4.69) is 27.9 Å². The van der Waals surface area contributed by atoms with E-state index in [1.807, 2.05) is 20.8 Å². The zero-order valence-corrected chi connectivity index (χ0v) is 15.6. The molecule has 0 saturated carbocycles. The lowest BCUT2D eigenvalue weighted by atomic mass is 10.0. The van der Waals surface area contributed by atoms with Crippen molar-refractivity contribution in [2.45, 2.75) is 45.1 Å². The van der Waals surface area contributed by atoms with Gasteiger partial charge in [0.25, 0.3) is 11.6 Å². The molecule has 0 unspecified atom stereocenters. The molecule has 0 aliphatic rings. The van der Waals surface area contributed by atoms with Gasteiger partial charge in [-0.15, -0.1) is 12.6 Å². The monoisotopic (exact) mass is 360 g/mol. The van der Waals surface area contributed by atoms with E-state index in [-0.39, 0.29) is 27.5 Å². The van der Waals surface area contributed by atoms with Gasteiger partial charge in [0.15, 0.2) is 5.82 Å². The highest BCUT2D eigenvalue weighted by atomic mass is 32.1. The molecule has 1 heterocycles. The van der Waals surface area contributed by atoms with Crippen LogP contribution in [0.5, 0.6) is 0 Å². The van der Waals surface area contributed by atoms with Crippen LogP contribution in [0.1, 0.15) is 42.5 Å². The molecule has 0 saturated heterocycles. The van der Waals surface area contributed by atoms with Crippen LogP contribution in [0.3, 0.4) is 0 Å². The topological polar surface area (TPSA) is 98.0 Å². The van der Waals surface area contributed by atoms with E-state index in [4.69, 9.17) is 0 Å². The number of amides is 1. The summed E-state index contributed by atoms with van der Waals surface area (Å²) < 4.78 is 0. The van der Waals surface area contributed by atoms with E-state index in [0.29, 0.717) is 11.4 Å². The molecule has 25 heavy (non-hydrogen) atoms. The molecule has 132 valence electrons. The van der Waals surface area contributed by atoms with Crippen molar-refractivity contribution in [3.63, 3.8) is 0 Å². The van der Waals surface area contributed by atoms with Crippen LogP contribution in [0.15, 0.2) is 23.1 Å². The van der Waals surface area contributed by atoms with Crippen molar-refractivity contribution in [2.75, 3.05) is 0 Å². The molecule has 1 aromatic heterocycles. The van der Waals surface area contributed by atoms with Crippen molar-refractivity contribution in [2.24, 2.45) is 0 Å². The van der Waals surface area contributed by atoms with Crippen LogP contribution >= 0.6 is 12.6 Å². The van der Waals surface area contributed by atoms with Gasteiger partial charge in [-0.3, -0.25) is 14.9 Å². The highest BCUT2D eigenvalue weighted by Crippen LogP contribution is 2.36.